The molecule has 118 valence electrons. The first-order valence-electron chi connectivity index (χ1n) is 7.39. The zero-order valence-electron chi connectivity index (χ0n) is 12.8. The van der Waals surface area contributed by atoms with Gasteiger partial charge in [-0.1, -0.05) is 55.5 Å². The van der Waals surface area contributed by atoms with E-state index in [1.165, 1.54) is 0 Å². The summed E-state index contributed by atoms with van der Waals surface area (Å²) in [5, 5.41) is 20.1. The summed E-state index contributed by atoms with van der Waals surface area (Å²) in [4.78, 5) is 0.662. The van der Waals surface area contributed by atoms with Gasteiger partial charge in [-0.3, -0.25) is 4.21 Å². The lowest BCUT2D eigenvalue weighted by molar-refractivity contribution is 0.0849. The number of hydrogen-bond acceptors (Lipinski definition) is 3. The molecule has 5 atom stereocenters. The molecule has 22 heavy (non-hydrogen) atoms. The molecule has 0 aliphatic carbocycles. The summed E-state index contributed by atoms with van der Waals surface area (Å²) in [5.74, 6) is -0.309. The van der Waals surface area contributed by atoms with Crippen LogP contribution in [0.25, 0.3) is 0 Å². The van der Waals surface area contributed by atoms with Crippen molar-refractivity contribution in [2.75, 3.05) is 0 Å². The van der Waals surface area contributed by atoms with Crippen LogP contribution >= 0.6 is 0 Å². The van der Waals surface area contributed by atoms with Crippen LogP contribution in [0.1, 0.15) is 25.5 Å². The lowest BCUT2D eigenvalue weighted by Gasteiger charge is -2.30. The number of hydrogen-bond donors (Lipinski definition) is 2. The average Bonchev–Trinajstić information content (AvgIpc) is 2.56. The Bertz CT molecular complexity index is 598. The molecule has 4 heteroatoms. The van der Waals surface area contributed by atoms with E-state index >= 15 is 0 Å². The van der Waals surface area contributed by atoms with Crippen LogP contribution in [-0.2, 0) is 10.8 Å². The monoisotopic (exact) mass is 318 g/mol. The van der Waals surface area contributed by atoms with E-state index in [0.717, 1.165) is 0 Å². The predicted molar refractivity (Wildman–Crippen MR) is 88.9 cm³/mol. The van der Waals surface area contributed by atoms with Gasteiger partial charge in [0.05, 0.1) is 28.3 Å². The van der Waals surface area contributed by atoms with E-state index in [-0.39, 0.29) is 5.92 Å². The minimum atomic E-state index is -1.41. The second-order valence-corrected chi connectivity index (χ2v) is 7.14. The molecule has 2 aromatic carbocycles. The molecule has 0 radical (unpaired) electrons. The molecule has 0 aliphatic rings. The Hall–Kier alpha value is -1.49. The summed E-state index contributed by atoms with van der Waals surface area (Å²) in [6.07, 6.45) is -1.55. The first-order chi connectivity index (χ1) is 10.5. The molecule has 0 saturated carbocycles. The SMILES string of the molecule is C[C@H]([C@H]([C@@H](O)c1ccccc1)S(=O)c1ccccc1)[C@H](C)O. The molecule has 0 aliphatic heterocycles. The van der Waals surface area contributed by atoms with E-state index in [0.29, 0.717) is 10.5 Å². The molecule has 0 heterocycles. The normalized spacial score (nSPS) is 18.2. The summed E-state index contributed by atoms with van der Waals surface area (Å²) in [6.45, 7) is 3.49. The van der Waals surface area contributed by atoms with Crippen LogP contribution in [0.3, 0.4) is 0 Å². The molecule has 0 saturated heterocycles. The lowest BCUT2D eigenvalue weighted by Crippen LogP contribution is -2.36. The Morgan fingerprint density at radius 1 is 0.864 bits per heavy atom. The summed E-state index contributed by atoms with van der Waals surface area (Å²) in [5.41, 5.74) is 0.712. The van der Waals surface area contributed by atoms with Crippen LogP contribution in [0.5, 0.6) is 0 Å². The Balaban J connectivity index is 2.37. The van der Waals surface area contributed by atoms with Crippen LogP contribution in [0.4, 0.5) is 0 Å². The van der Waals surface area contributed by atoms with Gasteiger partial charge >= 0.3 is 0 Å². The fraction of sp³-hybridized carbons (Fsp3) is 0.333. The molecule has 2 aromatic rings. The van der Waals surface area contributed by atoms with Gasteiger partial charge in [-0.15, -0.1) is 0 Å². The fourth-order valence-electron chi connectivity index (χ4n) is 2.43. The molecule has 0 amide bonds. The van der Waals surface area contributed by atoms with Crippen molar-refractivity contribution < 1.29 is 14.4 Å². The van der Waals surface area contributed by atoms with Crippen molar-refractivity contribution in [1.82, 2.24) is 0 Å². The Morgan fingerprint density at radius 3 is 1.86 bits per heavy atom. The van der Waals surface area contributed by atoms with Crippen molar-refractivity contribution in [3.8, 4) is 0 Å². The standard InChI is InChI=1S/C18H22O3S/c1-13(14(2)19)18(17(20)15-9-5-3-6-10-15)22(21)16-11-7-4-8-12-16/h3-14,17-20H,1-2H3/t13-,14-,17-,18+,22?/m0/s1. The van der Waals surface area contributed by atoms with Gasteiger partial charge in [0.25, 0.3) is 0 Å². The van der Waals surface area contributed by atoms with Crippen LogP contribution in [0.15, 0.2) is 65.6 Å². The molecular formula is C18H22O3S. The van der Waals surface area contributed by atoms with Crippen LogP contribution < -0.4 is 0 Å². The average molecular weight is 318 g/mol. The van der Waals surface area contributed by atoms with Gasteiger partial charge in [-0.25, -0.2) is 0 Å². The molecule has 2 rings (SSSR count). The molecule has 1 unspecified atom stereocenters. The van der Waals surface area contributed by atoms with Crippen LogP contribution in [0, 0.1) is 5.92 Å². The van der Waals surface area contributed by atoms with Crippen LogP contribution in [-0.4, -0.2) is 25.8 Å². The summed E-state index contributed by atoms with van der Waals surface area (Å²) in [7, 11) is -1.41. The first kappa shape index (κ1) is 16.9. The molecule has 0 aromatic heterocycles. The maximum absolute atomic E-state index is 12.9. The summed E-state index contributed by atoms with van der Waals surface area (Å²) in [6, 6.07) is 18.3. The number of rotatable bonds is 6. The smallest absolute Gasteiger partial charge is 0.0940 e. The topological polar surface area (TPSA) is 57.5 Å². The van der Waals surface area contributed by atoms with Crippen molar-refractivity contribution in [2.24, 2.45) is 5.92 Å². The third-order valence-electron chi connectivity index (χ3n) is 3.95. The molecule has 0 bridgehead atoms. The molecule has 3 nitrogen and oxygen atoms in total. The number of aliphatic hydroxyl groups is 2. The van der Waals surface area contributed by atoms with Crippen molar-refractivity contribution in [1.29, 1.82) is 0 Å². The highest BCUT2D eigenvalue weighted by Crippen LogP contribution is 2.31. The lowest BCUT2D eigenvalue weighted by atomic mass is 9.94. The van der Waals surface area contributed by atoms with Crippen molar-refractivity contribution in [3.63, 3.8) is 0 Å². The van der Waals surface area contributed by atoms with Gasteiger partial charge in [-0.05, 0) is 30.5 Å². The third kappa shape index (κ3) is 3.83. The Labute approximate surface area is 134 Å². The van der Waals surface area contributed by atoms with E-state index in [1.54, 1.807) is 19.1 Å². The fourth-order valence-corrected chi connectivity index (χ4v) is 4.17. The van der Waals surface area contributed by atoms with Crippen molar-refractivity contribution >= 4 is 10.8 Å². The van der Waals surface area contributed by atoms with Gasteiger partial charge in [-0.2, -0.15) is 0 Å². The third-order valence-corrected chi connectivity index (χ3v) is 5.87. The van der Waals surface area contributed by atoms with Gasteiger partial charge in [0.1, 0.15) is 0 Å². The highest BCUT2D eigenvalue weighted by molar-refractivity contribution is 7.85. The predicted octanol–water partition coefficient (Wildman–Crippen LogP) is 2.91. The zero-order chi connectivity index (χ0) is 16.1. The highest BCUT2D eigenvalue weighted by atomic mass is 32.2. The minimum absolute atomic E-state index is 0.309. The van der Waals surface area contributed by atoms with Gasteiger partial charge in [0.15, 0.2) is 0 Å². The minimum Gasteiger partial charge on any atom is -0.393 e. The molecule has 2 N–H and O–H groups in total. The van der Waals surface area contributed by atoms with E-state index in [4.69, 9.17) is 0 Å². The number of aliphatic hydroxyl groups excluding tert-OH is 2. The Kier molecular flexibility index (Phi) is 5.89. The van der Waals surface area contributed by atoms with E-state index < -0.39 is 28.3 Å². The molecular weight excluding hydrogens is 296 g/mol. The quantitative estimate of drug-likeness (QED) is 0.861. The van der Waals surface area contributed by atoms with E-state index in [9.17, 15) is 14.4 Å². The zero-order valence-corrected chi connectivity index (χ0v) is 13.6. The van der Waals surface area contributed by atoms with Crippen LogP contribution in [0.2, 0.25) is 0 Å². The van der Waals surface area contributed by atoms with Crippen molar-refractivity contribution in [3.05, 3.63) is 66.2 Å². The highest BCUT2D eigenvalue weighted by Gasteiger charge is 2.34. The molecule has 0 fully saturated rings. The first-order valence-corrected chi connectivity index (χ1v) is 8.60. The molecule has 0 spiro atoms. The maximum Gasteiger partial charge on any atom is 0.0940 e. The van der Waals surface area contributed by atoms with Gasteiger partial charge < -0.3 is 10.2 Å². The maximum atomic E-state index is 12.9. The number of benzene rings is 2. The second kappa shape index (κ2) is 7.68. The van der Waals surface area contributed by atoms with E-state index in [1.807, 2.05) is 55.5 Å². The van der Waals surface area contributed by atoms with Crippen molar-refractivity contribution in [2.45, 2.75) is 36.2 Å². The van der Waals surface area contributed by atoms with E-state index in [2.05, 4.69) is 0 Å². The van der Waals surface area contributed by atoms with Gasteiger partial charge in [0.2, 0.25) is 0 Å². The summed E-state index contributed by atoms with van der Waals surface area (Å²) >= 11 is 0. The largest absolute Gasteiger partial charge is 0.393 e. The summed E-state index contributed by atoms with van der Waals surface area (Å²) < 4.78 is 12.9. The Morgan fingerprint density at radius 2 is 1.36 bits per heavy atom. The second-order valence-electron chi connectivity index (χ2n) is 5.53. The van der Waals surface area contributed by atoms with Gasteiger partial charge in [0, 0.05) is 4.90 Å².